The minimum Gasteiger partial charge on any atom is -0.350 e. The van der Waals surface area contributed by atoms with Crippen LogP contribution in [0.2, 0.25) is 10.0 Å². The molecule has 0 aliphatic rings. The first-order valence-electron chi connectivity index (χ1n) is 13.3. The Balaban J connectivity index is 2.13. The number of hydrogen-bond acceptors (Lipinski definition) is 4. The summed E-state index contributed by atoms with van der Waals surface area (Å²) in [5, 5.41) is 3.11. The highest BCUT2D eigenvalue weighted by Crippen LogP contribution is 2.35. The minimum atomic E-state index is -4.26. The summed E-state index contributed by atoms with van der Waals surface area (Å²) in [5.74, 6) is -0.883. The van der Waals surface area contributed by atoms with Gasteiger partial charge in [-0.15, -0.1) is 0 Å². The second-order valence-electron chi connectivity index (χ2n) is 11.0. The summed E-state index contributed by atoms with van der Waals surface area (Å²) in [7, 11) is -4.26. The van der Waals surface area contributed by atoms with Gasteiger partial charge in [-0.1, -0.05) is 78.2 Å². The van der Waals surface area contributed by atoms with Gasteiger partial charge in [0.25, 0.3) is 10.0 Å². The molecule has 3 aromatic rings. The molecule has 10 heteroatoms. The topological polar surface area (TPSA) is 86.8 Å². The van der Waals surface area contributed by atoms with Gasteiger partial charge in [-0.2, -0.15) is 0 Å². The first-order chi connectivity index (χ1) is 19.2. The molecule has 1 unspecified atom stereocenters. The monoisotopic (exact) mass is 617 g/mol. The molecule has 1 N–H and O–H groups in total. The van der Waals surface area contributed by atoms with E-state index in [2.05, 4.69) is 5.32 Å². The number of sulfonamides is 1. The quantitative estimate of drug-likeness (QED) is 0.280. The molecule has 0 aliphatic carbocycles. The molecule has 0 saturated carbocycles. The summed E-state index contributed by atoms with van der Waals surface area (Å²) in [6, 6.07) is 17.7. The van der Waals surface area contributed by atoms with E-state index >= 15 is 0 Å². The number of carbonyl (C=O) groups excluding carboxylic acids is 2. The first kappa shape index (κ1) is 32.4. The lowest BCUT2D eigenvalue weighted by molar-refractivity contribution is -0.141. The van der Waals surface area contributed by atoms with E-state index in [0.717, 1.165) is 21.0 Å². The molecule has 0 bridgehead atoms. The molecule has 0 aliphatic heterocycles. The highest BCUT2D eigenvalue weighted by Gasteiger charge is 2.35. The SMILES string of the molecule is CCC(C(=O)NC(C)(C)C)N(Cc1ccccc1C)C(=O)CN(c1cccc(Cl)c1Cl)S(=O)(=O)c1ccc(C)cc1. The number of anilines is 1. The standard InChI is InChI=1S/C31H37Cl2N3O4S/c1-7-26(30(38)34-31(4,5)6)35(19-23-12-9-8-11-22(23)3)28(37)20-36(27-14-10-13-25(32)29(27)33)41(39,40)24-17-15-21(2)16-18-24/h8-18,26H,7,19-20H2,1-6H3,(H,34,38). The molecule has 0 aromatic heterocycles. The molecule has 1 atom stereocenters. The fraction of sp³-hybridized carbons (Fsp3) is 0.355. The predicted molar refractivity (Wildman–Crippen MR) is 166 cm³/mol. The summed E-state index contributed by atoms with van der Waals surface area (Å²) in [4.78, 5) is 29.1. The smallest absolute Gasteiger partial charge is 0.264 e. The number of nitrogens with one attached hydrogen (secondary N) is 1. The van der Waals surface area contributed by atoms with E-state index in [4.69, 9.17) is 23.2 Å². The van der Waals surface area contributed by atoms with Gasteiger partial charge in [-0.25, -0.2) is 8.42 Å². The van der Waals surface area contributed by atoms with E-state index in [1.54, 1.807) is 24.3 Å². The third-order valence-electron chi connectivity index (χ3n) is 6.57. The van der Waals surface area contributed by atoms with Gasteiger partial charge in [-0.05, 0) is 76.4 Å². The van der Waals surface area contributed by atoms with Gasteiger partial charge in [-0.3, -0.25) is 13.9 Å². The van der Waals surface area contributed by atoms with E-state index in [9.17, 15) is 18.0 Å². The van der Waals surface area contributed by atoms with Crippen molar-refractivity contribution in [2.24, 2.45) is 0 Å². The van der Waals surface area contributed by atoms with Gasteiger partial charge in [0, 0.05) is 12.1 Å². The predicted octanol–water partition coefficient (Wildman–Crippen LogP) is 6.53. The van der Waals surface area contributed by atoms with Gasteiger partial charge < -0.3 is 10.2 Å². The zero-order valence-electron chi connectivity index (χ0n) is 24.2. The molecule has 0 heterocycles. The van der Waals surface area contributed by atoms with E-state index in [-0.39, 0.29) is 33.1 Å². The molecule has 2 amide bonds. The molecule has 0 spiro atoms. The summed E-state index contributed by atoms with van der Waals surface area (Å²) in [6.07, 6.45) is 0.322. The Hall–Kier alpha value is -3.07. The van der Waals surface area contributed by atoms with Crippen molar-refractivity contribution in [3.63, 3.8) is 0 Å². The van der Waals surface area contributed by atoms with Gasteiger partial charge in [0.05, 0.1) is 20.6 Å². The van der Waals surface area contributed by atoms with Crippen LogP contribution in [0.5, 0.6) is 0 Å². The second-order valence-corrected chi connectivity index (χ2v) is 13.7. The van der Waals surface area contributed by atoms with Crippen LogP contribution in [-0.2, 0) is 26.2 Å². The maximum absolute atomic E-state index is 14.2. The average molecular weight is 619 g/mol. The van der Waals surface area contributed by atoms with Crippen molar-refractivity contribution in [2.75, 3.05) is 10.8 Å². The van der Waals surface area contributed by atoms with Crippen LogP contribution in [0.4, 0.5) is 5.69 Å². The molecule has 0 saturated heterocycles. The Kier molecular flexibility index (Phi) is 10.5. The fourth-order valence-corrected chi connectivity index (χ4v) is 6.25. The number of benzene rings is 3. The lowest BCUT2D eigenvalue weighted by Crippen LogP contribution is -2.55. The highest BCUT2D eigenvalue weighted by atomic mass is 35.5. The number of hydrogen-bond donors (Lipinski definition) is 1. The Bertz CT molecular complexity index is 1500. The van der Waals surface area contributed by atoms with E-state index in [0.29, 0.717) is 6.42 Å². The number of aryl methyl sites for hydroxylation is 2. The van der Waals surface area contributed by atoms with Crippen molar-refractivity contribution in [3.8, 4) is 0 Å². The lowest BCUT2D eigenvalue weighted by atomic mass is 10.0. The number of nitrogens with zero attached hydrogens (tertiary/aromatic N) is 2. The number of carbonyl (C=O) groups is 2. The molecule has 0 fully saturated rings. The van der Waals surface area contributed by atoms with E-state index in [1.165, 1.54) is 23.1 Å². The second kappa shape index (κ2) is 13.3. The Morgan fingerprint density at radius 2 is 1.56 bits per heavy atom. The molecular formula is C31H37Cl2N3O4S. The summed E-state index contributed by atoms with van der Waals surface area (Å²) < 4.78 is 29.0. The largest absolute Gasteiger partial charge is 0.350 e. The Morgan fingerprint density at radius 1 is 0.927 bits per heavy atom. The normalized spacial score (nSPS) is 12.5. The van der Waals surface area contributed by atoms with Crippen LogP contribution in [0.1, 0.15) is 50.8 Å². The van der Waals surface area contributed by atoms with Gasteiger partial charge in [0.1, 0.15) is 12.6 Å². The fourth-order valence-electron chi connectivity index (χ4n) is 4.38. The van der Waals surface area contributed by atoms with Crippen molar-refractivity contribution < 1.29 is 18.0 Å². The van der Waals surface area contributed by atoms with Crippen molar-refractivity contribution in [1.29, 1.82) is 0 Å². The average Bonchev–Trinajstić information content (AvgIpc) is 2.89. The molecule has 3 aromatic carbocycles. The molecule has 0 radical (unpaired) electrons. The van der Waals surface area contributed by atoms with Crippen LogP contribution in [0.25, 0.3) is 0 Å². The van der Waals surface area contributed by atoms with Crippen molar-refractivity contribution in [2.45, 2.75) is 71.0 Å². The zero-order chi connectivity index (χ0) is 30.5. The first-order valence-corrected chi connectivity index (χ1v) is 15.5. The summed E-state index contributed by atoms with van der Waals surface area (Å²) in [6.45, 7) is 10.7. The van der Waals surface area contributed by atoms with Crippen LogP contribution < -0.4 is 9.62 Å². The number of amides is 2. The van der Waals surface area contributed by atoms with Crippen molar-refractivity contribution in [1.82, 2.24) is 10.2 Å². The summed E-state index contributed by atoms with van der Waals surface area (Å²) >= 11 is 12.8. The minimum absolute atomic E-state index is 0.000578. The van der Waals surface area contributed by atoms with Crippen LogP contribution in [0, 0.1) is 13.8 Å². The molecular weight excluding hydrogens is 581 g/mol. The third kappa shape index (κ3) is 8.03. The molecule has 220 valence electrons. The van der Waals surface area contributed by atoms with Crippen LogP contribution >= 0.6 is 23.2 Å². The molecule has 41 heavy (non-hydrogen) atoms. The van der Waals surface area contributed by atoms with Crippen LogP contribution in [0.15, 0.2) is 71.6 Å². The Morgan fingerprint density at radius 3 is 2.15 bits per heavy atom. The van der Waals surface area contributed by atoms with E-state index < -0.39 is 34.1 Å². The lowest BCUT2D eigenvalue weighted by Gasteiger charge is -2.35. The van der Waals surface area contributed by atoms with Gasteiger partial charge in [0.15, 0.2) is 0 Å². The van der Waals surface area contributed by atoms with Gasteiger partial charge in [0.2, 0.25) is 11.8 Å². The van der Waals surface area contributed by atoms with E-state index in [1.807, 2.05) is 65.8 Å². The van der Waals surface area contributed by atoms with Crippen LogP contribution in [0.3, 0.4) is 0 Å². The van der Waals surface area contributed by atoms with Crippen molar-refractivity contribution >= 4 is 50.7 Å². The number of rotatable bonds is 10. The zero-order valence-corrected chi connectivity index (χ0v) is 26.6. The van der Waals surface area contributed by atoms with Crippen LogP contribution in [-0.4, -0.2) is 43.3 Å². The van der Waals surface area contributed by atoms with Crippen molar-refractivity contribution in [3.05, 3.63) is 93.5 Å². The molecule has 7 nitrogen and oxygen atoms in total. The highest BCUT2D eigenvalue weighted by molar-refractivity contribution is 7.92. The number of halogens is 2. The third-order valence-corrected chi connectivity index (χ3v) is 9.16. The maximum Gasteiger partial charge on any atom is 0.264 e. The Labute approximate surface area is 253 Å². The maximum atomic E-state index is 14.2. The summed E-state index contributed by atoms with van der Waals surface area (Å²) in [5.41, 5.74) is 2.20. The molecule has 3 rings (SSSR count). The van der Waals surface area contributed by atoms with Gasteiger partial charge >= 0.3 is 0 Å².